The lowest BCUT2D eigenvalue weighted by Gasteiger charge is -2.36. The highest BCUT2D eigenvalue weighted by molar-refractivity contribution is 7.94. The van der Waals surface area contributed by atoms with E-state index in [9.17, 15) is 4.79 Å². The summed E-state index contributed by atoms with van der Waals surface area (Å²) in [7, 11) is 0. The zero-order valence-corrected chi connectivity index (χ0v) is 7.82. The third-order valence-corrected chi connectivity index (χ3v) is 3.32. The van der Waals surface area contributed by atoms with Gasteiger partial charge in [0.15, 0.2) is 0 Å². The third-order valence-electron chi connectivity index (χ3n) is 2.41. The molecule has 0 radical (unpaired) electrons. The normalized spacial score (nSPS) is 38.5. The van der Waals surface area contributed by atoms with E-state index in [4.69, 9.17) is 4.18 Å². The molecule has 1 saturated heterocycles. The van der Waals surface area contributed by atoms with Crippen molar-refractivity contribution in [2.75, 3.05) is 5.75 Å². The molecule has 0 amide bonds. The van der Waals surface area contributed by atoms with Crippen molar-refractivity contribution in [3.63, 3.8) is 0 Å². The van der Waals surface area contributed by atoms with Gasteiger partial charge in [0, 0.05) is 12.2 Å². The van der Waals surface area contributed by atoms with E-state index in [-0.39, 0.29) is 5.60 Å². The maximum atomic E-state index is 10.3. The standard InChI is InChI=1S/C8H14O2S/c1-7-3-6-11-10-8(7,2)4-5-9/h5,7H,3-4,6H2,1-2H3. The Morgan fingerprint density at radius 1 is 1.82 bits per heavy atom. The molecule has 1 aliphatic heterocycles. The van der Waals surface area contributed by atoms with Crippen molar-refractivity contribution in [3.05, 3.63) is 0 Å². The highest BCUT2D eigenvalue weighted by Gasteiger charge is 2.35. The fraction of sp³-hybridized carbons (Fsp3) is 0.875. The summed E-state index contributed by atoms with van der Waals surface area (Å²) in [6.07, 6.45) is 2.61. The van der Waals surface area contributed by atoms with Gasteiger partial charge in [0.1, 0.15) is 6.29 Å². The second kappa shape index (κ2) is 3.59. The predicted molar refractivity (Wildman–Crippen MR) is 46.4 cm³/mol. The lowest BCUT2D eigenvalue weighted by atomic mass is 9.86. The molecule has 0 aromatic heterocycles. The van der Waals surface area contributed by atoms with Crippen LogP contribution in [0.5, 0.6) is 0 Å². The van der Waals surface area contributed by atoms with Gasteiger partial charge in [-0.15, -0.1) is 0 Å². The van der Waals surface area contributed by atoms with Crippen molar-refractivity contribution < 1.29 is 8.98 Å². The summed E-state index contributed by atoms with van der Waals surface area (Å²) >= 11 is 1.49. The molecule has 0 saturated carbocycles. The van der Waals surface area contributed by atoms with Crippen molar-refractivity contribution in [2.24, 2.45) is 5.92 Å². The zero-order valence-electron chi connectivity index (χ0n) is 7.00. The Morgan fingerprint density at radius 3 is 3.09 bits per heavy atom. The number of aldehydes is 1. The van der Waals surface area contributed by atoms with E-state index in [2.05, 4.69) is 6.92 Å². The quantitative estimate of drug-likeness (QED) is 0.473. The molecule has 1 fully saturated rings. The molecule has 0 N–H and O–H groups in total. The molecule has 0 bridgehead atoms. The molecule has 3 heteroatoms. The average Bonchev–Trinajstić information content (AvgIpc) is 1.96. The van der Waals surface area contributed by atoms with E-state index in [1.165, 1.54) is 12.0 Å². The maximum absolute atomic E-state index is 10.3. The largest absolute Gasteiger partial charge is 0.308 e. The summed E-state index contributed by atoms with van der Waals surface area (Å²) < 4.78 is 5.50. The summed E-state index contributed by atoms with van der Waals surface area (Å²) in [5.74, 6) is 1.55. The van der Waals surface area contributed by atoms with E-state index >= 15 is 0 Å². The van der Waals surface area contributed by atoms with Crippen LogP contribution in [0.3, 0.4) is 0 Å². The Bertz CT molecular complexity index is 149. The Kier molecular flexibility index (Phi) is 2.96. The number of carbonyl (C=O) groups excluding carboxylic acids is 1. The van der Waals surface area contributed by atoms with Gasteiger partial charge in [0.2, 0.25) is 0 Å². The predicted octanol–water partition coefficient (Wildman–Crippen LogP) is 2.04. The lowest BCUT2D eigenvalue weighted by molar-refractivity contribution is -0.112. The summed E-state index contributed by atoms with van der Waals surface area (Å²) in [6.45, 7) is 4.15. The van der Waals surface area contributed by atoms with Crippen LogP contribution < -0.4 is 0 Å². The summed E-state index contributed by atoms with van der Waals surface area (Å²) in [5.41, 5.74) is -0.218. The van der Waals surface area contributed by atoms with Crippen LogP contribution in [0.25, 0.3) is 0 Å². The smallest absolute Gasteiger partial charge is 0.122 e. The van der Waals surface area contributed by atoms with Gasteiger partial charge in [0.05, 0.1) is 5.60 Å². The SMILES string of the molecule is CC1CCSOC1(C)CC=O. The summed E-state index contributed by atoms with van der Waals surface area (Å²) in [6, 6.07) is 0. The van der Waals surface area contributed by atoms with Gasteiger partial charge < -0.3 is 8.98 Å². The van der Waals surface area contributed by atoms with Crippen LogP contribution in [0, 0.1) is 5.92 Å². The molecule has 1 heterocycles. The second-order valence-electron chi connectivity index (χ2n) is 3.28. The first kappa shape index (κ1) is 9.07. The molecule has 0 spiro atoms. The van der Waals surface area contributed by atoms with Gasteiger partial charge in [-0.25, -0.2) is 0 Å². The van der Waals surface area contributed by atoms with Crippen molar-refractivity contribution in [1.82, 2.24) is 0 Å². The molecular weight excluding hydrogens is 160 g/mol. The van der Waals surface area contributed by atoms with Crippen LogP contribution >= 0.6 is 12.0 Å². The topological polar surface area (TPSA) is 26.3 Å². The van der Waals surface area contributed by atoms with E-state index in [0.717, 1.165) is 18.5 Å². The molecular formula is C8H14O2S. The molecule has 1 rings (SSSR count). The fourth-order valence-corrected chi connectivity index (χ4v) is 2.22. The molecule has 1 aliphatic rings. The van der Waals surface area contributed by atoms with Crippen LogP contribution in [0.4, 0.5) is 0 Å². The van der Waals surface area contributed by atoms with Gasteiger partial charge in [-0.05, 0) is 31.3 Å². The van der Waals surface area contributed by atoms with E-state index in [0.29, 0.717) is 12.3 Å². The van der Waals surface area contributed by atoms with Crippen molar-refractivity contribution >= 4 is 18.3 Å². The number of rotatable bonds is 2. The Hall–Kier alpha value is -0.0200. The molecule has 0 aromatic carbocycles. The monoisotopic (exact) mass is 174 g/mol. The van der Waals surface area contributed by atoms with Gasteiger partial charge in [-0.2, -0.15) is 0 Å². The first-order valence-electron chi connectivity index (χ1n) is 3.93. The minimum atomic E-state index is -0.218. The maximum Gasteiger partial charge on any atom is 0.122 e. The van der Waals surface area contributed by atoms with Crippen LogP contribution in [0.1, 0.15) is 26.7 Å². The van der Waals surface area contributed by atoms with Crippen molar-refractivity contribution in [3.8, 4) is 0 Å². The molecule has 0 aliphatic carbocycles. The zero-order chi connectivity index (χ0) is 8.32. The average molecular weight is 174 g/mol. The Morgan fingerprint density at radius 2 is 2.55 bits per heavy atom. The fourth-order valence-electron chi connectivity index (χ4n) is 1.19. The molecule has 0 aromatic rings. The highest BCUT2D eigenvalue weighted by Crippen LogP contribution is 2.36. The first-order chi connectivity index (χ1) is 5.19. The molecule has 2 atom stereocenters. The molecule has 2 nitrogen and oxygen atoms in total. The van der Waals surface area contributed by atoms with Crippen LogP contribution in [-0.4, -0.2) is 17.6 Å². The van der Waals surface area contributed by atoms with Crippen molar-refractivity contribution in [1.29, 1.82) is 0 Å². The molecule has 11 heavy (non-hydrogen) atoms. The van der Waals surface area contributed by atoms with Gasteiger partial charge >= 0.3 is 0 Å². The first-order valence-corrected chi connectivity index (χ1v) is 4.84. The lowest BCUT2D eigenvalue weighted by Crippen LogP contribution is -2.38. The summed E-state index contributed by atoms with van der Waals surface area (Å²) in [5, 5.41) is 0. The summed E-state index contributed by atoms with van der Waals surface area (Å²) in [4.78, 5) is 10.3. The van der Waals surface area contributed by atoms with Crippen LogP contribution in [0.2, 0.25) is 0 Å². The number of hydrogen-bond donors (Lipinski definition) is 0. The van der Waals surface area contributed by atoms with E-state index in [1.54, 1.807) is 0 Å². The number of carbonyl (C=O) groups is 1. The molecule has 64 valence electrons. The molecule has 2 unspecified atom stereocenters. The van der Waals surface area contributed by atoms with Gasteiger partial charge in [-0.1, -0.05) is 6.92 Å². The minimum Gasteiger partial charge on any atom is -0.308 e. The second-order valence-corrected chi connectivity index (χ2v) is 4.09. The number of hydrogen-bond acceptors (Lipinski definition) is 3. The Labute approximate surface area is 71.9 Å². The van der Waals surface area contributed by atoms with Crippen LogP contribution in [-0.2, 0) is 8.98 Å². The minimum absolute atomic E-state index is 0.218. The van der Waals surface area contributed by atoms with Crippen molar-refractivity contribution in [2.45, 2.75) is 32.3 Å². The Balaban J connectivity index is 2.56. The van der Waals surface area contributed by atoms with E-state index < -0.39 is 0 Å². The van der Waals surface area contributed by atoms with Gasteiger partial charge in [0.25, 0.3) is 0 Å². The highest BCUT2D eigenvalue weighted by atomic mass is 32.2. The third kappa shape index (κ3) is 1.97. The van der Waals surface area contributed by atoms with E-state index in [1.807, 2.05) is 6.92 Å². The van der Waals surface area contributed by atoms with Crippen LogP contribution in [0.15, 0.2) is 0 Å². The van der Waals surface area contributed by atoms with Gasteiger partial charge in [-0.3, -0.25) is 0 Å².